The van der Waals surface area contributed by atoms with Crippen molar-refractivity contribution in [1.82, 2.24) is 9.99 Å². The van der Waals surface area contributed by atoms with Crippen LogP contribution in [0.3, 0.4) is 0 Å². The average Bonchev–Trinajstić information content (AvgIpc) is 3.66. The Hall–Kier alpha value is -4.49. The molecular formula is C30H26ClN3O4. The van der Waals surface area contributed by atoms with Crippen molar-refractivity contribution in [3.63, 3.8) is 0 Å². The lowest BCUT2D eigenvalue weighted by molar-refractivity contribution is 0.0923. The van der Waals surface area contributed by atoms with Crippen LogP contribution in [0.15, 0.2) is 92.8 Å². The summed E-state index contributed by atoms with van der Waals surface area (Å²) in [6, 6.07) is 24.5. The lowest BCUT2D eigenvalue weighted by Crippen LogP contribution is -2.16. The third-order valence-corrected chi connectivity index (χ3v) is 6.56. The second-order valence-electron chi connectivity index (χ2n) is 8.81. The van der Waals surface area contributed by atoms with Crippen LogP contribution in [-0.4, -0.2) is 16.7 Å². The topological polar surface area (TPSA) is 81.9 Å². The van der Waals surface area contributed by atoms with E-state index in [9.17, 15) is 4.79 Å². The number of rotatable bonds is 8. The van der Waals surface area contributed by atoms with Gasteiger partial charge in [-0.05, 0) is 93.1 Å². The Morgan fingerprint density at radius 3 is 2.47 bits per heavy atom. The predicted octanol–water partition coefficient (Wildman–Crippen LogP) is 7.25. The van der Waals surface area contributed by atoms with Crippen molar-refractivity contribution in [2.45, 2.75) is 27.4 Å². The largest absolute Gasteiger partial charge is 0.486 e. The number of carbonyl (C=O) groups excluding carboxylic acids is 1. The fourth-order valence-corrected chi connectivity index (χ4v) is 4.32. The van der Waals surface area contributed by atoms with E-state index in [4.69, 9.17) is 25.2 Å². The van der Waals surface area contributed by atoms with Gasteiger partial charge in [0.15, 0.2) is 5.76 Å². The highest BCUT2D eigenvalue weighted by Crippen LogP contribution is 2.29. The smallest absolute Gasteiger partial charge is 0.307 e. The molecule has 1 amide bonds. The van der Waals surface area contributed by atoms with E-state index in [0.29, 0.717) is 28.1 Å². The third-order valence-electron chi connectivity index (χ3n) is 6.15. The summed E-state index contributed by atoms with van der Waals surface area (Å²) in [5.74, 6) is 2.03. The third kappa shape index (κ3) is 5.43. The minimum absolute atomic E-state index is 0.129. The zero-order valence-corrected chi connectivity index (χ0v) is 22.0. The van der Waals surface area contributed by atoms with Crippen molar-refractivity contribution in [2.24, 2.45) is 5.10 Å². The minimum atomic E-state index is -0.480. The highest BCUT2D eigenvalue weighted by atomic mass is 35.5. The Morgan fingerprint density at radius 2 is 1.71 bits per heavy atom. The van der Waals surface area contributed by atoms with Crippen molar-refractivity contribution in [3.05, 3.63) is 118 Å². The first-order valence-electron chi connectivity index (χ1n) is 12.0. The molecule has 0 aliphatic carbocycles. The first-order valence-corrected chi connectivity index (χ1v) is 12.4. The molecule has 0 saturated carbocycles. The van der Waals surface area contributed by atoms with Crippen molar-refractivity contribution in [3.8, 4) is 22.8 Å². The average molecular weight is 528 g/mol. The number of benzene rings is 2. The summed E-state index contributed by atoms with van der Waals surface area (Å²) in [6.07, 6.45) is 1.43. The van der Waals surface area contributed by atoms with Gasteiger partial charge in [-0.2, -0.15) is 5.10 Å². The molecule has 0 unspecified atom stereocenters. The lowest BCUT2D eigenvalue weighted by Gasteiger charge is -2.10. The molecule has 38 heavy (non-hydrogen) atoms. The second kappa shape index (κ2) is 10.9. The van der Waals surface area contributed by atoms with E-state index in [1.54, 1.807) is 18.2 Å². The normalized spacial score (nSPS) is 11.3. The number of hydrogen-bond acceptors (Lipinski definition) is 5. The number of carbonyl (C=O) groups is 1. The number of ether oxygens (including phenoxy) is 1. The van der Waals surface area contributed by atoms with Crippen molar-refractivity contribution in [2.75, 3.05) is 0 Å². The summed E-state index contributed by atoms with van der Waals surface area (Å²) < 4.78 is 19.4. The molecule has 0 radical (unpaired) electrons. The Labute approximate surface area is 225 Å². The quantitative estimate of drug-likeness (QED) is 0.170. The van der Waals surface area contributed by atoms with Crippen LogP contribution in [-0.2, 0) is 6.61 Å². The van der Waals surface area contributed by atoms with Gasteiger partial charge in [-0.15, -0.1) is 0 Å². The van der Waals surface area contributed by atoms with Gasteiger partial charge in [-0.1, -0.05) is 23.7 Å². The Morgan fingerprint density at radius 1 is 0.947 bits per heavy atom. The zero-order chi connectivity index (χ0) is 26.6. The summed E-state index contributed by atoms with van der Waals surface area (Å²) in [5, 5.41) is 4.64. The molecule has 2 aromatic carbocycles. The monoisotopic (exact) mass is 527 g/mol. The van der Waals surface area contributed by atoms with Gasteiger partial charge in [0.1, 0.15) is 29.6 Å². The van der Waals surface area contributed by atoms with E-state index in [-0.39, 0.29) is 12.4 Å². The highest BCUT2D eigenvalue weighted by molar-refractivity contribution is 6.31. The van der Waals surface area contributed by atoms with Crippen LogP contribution in [0.5, 0.6) is 5.75 Å². The number of nitrogens with one attached hydrogen (secondary N) is 1. The molecule has 0 fully saturated rings. The number of nitrogens with zero attached hydrogens (tertiary/aromatic N) is 2. The first kappa shape index (κ1) is 25.2. The summed E-state index contributed by atoms with van der Waals surface area (Å²) in [4.78, 5) is 12.4. The molecule has 7 nitrogen and oxygen atoms in total. The fraction of sp³-hybridized carbons (Fsp3) is 0.133. The molecule has 0 aliphatic rings. The van der Waals surface area contributed by atoms with Gasteiger partial charge in [0, 0.05) is 27.7 Å². The fourth-order valence-electron chi connectivity index (χ4n) is 4.15. The van der Waals surface area contributed by atoms with Crippen LogP contribution in [0, 0.1) is 20.8 Å². The number of hydrazone groups is 1. The second-order valence-corrected chi connectivity index (χ2v) is 9.22. The van der Waals surface area contributed by atoms with Crippen LogP contribution < -0.4 is 10.2 Å². The molecule has 3 heterocycles. The summed E-state index contributed by atoms with van der Waals surface area (Å²) >= 11 is 6.20. The molecule has 0 atom stereocenters. The van der Waals surface area contributed by atoms with Gasteiger partial charge >= 0.3 is 5.91 Å². The zero-order valence-electron chi connectivity index (χ0n) is 21.2. The van der Waals surface area contributed by atoms with Gasteiger partial charge < -0.3 is 18.1 Å². The highest BCUT2D eigenvalue weighted by Gasteiger charge is 2.12. The standard InChI is InChI=1S/C30H26ClN3O4/c1-19-7-8-20(2)34(19)22-9-11-23(12-10-22)36-18-25-14-16-29(38-25)30(35)33-32-17-24-13-15-28(37-24)26-5-4-6-27(31)21(26)3/h4-17H,18H2,1-3H3,(H,33,35)/b32-17+. The molecule has 1 N–H and O–H groups in total. The Kier molecular flexibility index (Phi) is 7.20. The molecule has 0 saturated heterocycles. The van der Waals surface area contributed by atoms with Gasteiger partial charge in [0.05, 0.1) is 6.21 Å². The number of aryl methyl sites for hydroxylation is 2. The van der Waals surface area contributed by atoms with Crippen LogP contribution in [0.2, 0.25) is 5.02 Å². The molecular weight excluding hydrogens is 502 g/mol. The SMILES string of the molecule is Cc1c(Cl)cccc1-c1ccc(/C=N/NC(=O)c2ccc(COc3ccc(-n4c(C)ccc4C)cc3)o2)o1. The maximum absolute atomic E-state index is 12.4. The summed E-state index contributed by atoms with van der Waals surface area (Å²) in [6.45, 7) is 6.27. The predicted molar refractivity (Wildman–Crippen MR) is 147 cm³/mol. The van der Waals surface area contributed by atoms with E-state index >= 15 is 0 Å². The van der Waals surface area contributed by atoms with E-state index in [1.807, 2.05) is 55.5 Å². The van der Waals surface area contributed by atoms with Crippen molar-refractivity contribution in [1.29, 1.82) is 0 Å². The van der Waals surface area contributed by atoms with Gasteiger partial charge in [-0.25, -0.2) is 5.43 Å². The molecule has 192 valence electrons. The van der Waals surface area contributed by atoms with E-state index in [0.717, 1.165) is 16.8 Å². The van der Waals surface area contributed by atoms with Crippen LogP contribution >= 0.6 is 11.6 Å². The molecule has 8 heteroatoms. The van der Waals surface area contributed by atoms with Crippen LogP contribution in [0.25, 0.3) is 17.0 Å². The molecule has 0 bridgehead atoms. The van der Waals surface area contributed by atoms with E-state index in [2.05, 4.69) is 41.1 Å². The molecule has 0 aliphatic heterocycles. The lowest BCUT2D eigenvalue weighted by atomic mass is 10.1. The number of furan rings is 2. The summed E-state index contributed by atoms with van der Waals surface area (Å²) in [5.41, 5.74) is 7.68. The van der Waals surface area contributed by atoms with E-state index < -0.39 is 5.91 Å². The first-order chi connectivity index (χ1) is 18.4. The van der Waals surface area contributed by atoms with Crippen molar-refractivity contribution >= 4 is 23.7 Å². The summed E-state index contributed by atoms with van der Waals surface area (Å²) in [7, 11) is 0. The van der Waals surface area contributed by atoms with Gasteiger partial charge in [0.25, 0.3) is 0 Å². The van der Waals surface area contributed by atoms with Gasteiger partial charge in [-0.3, -0.25) is 4.79 Å². The molecule has 5 aromatic rings. The molecule has 0 spiro atoms. The maximum Gasteiger partial charge on any atom is 0.307 e. The number of hydrogen-bond donors (Lipinski definition) is 1. The number of aromatic nitrogens is 1. The van der Waals surface area contributed by atoms with Crippen molar-refractivity contribution < 1.29 is 18.4 Å². The molecule has 5 rings (SSSR count). The Bertz CT molecular complexity index is 1590. The molecule has 3 aromatic heterocycles. The van der Waals surface area contributed by atoms with Crippen LogP contribution in [0.1, 0.15) is 39.0 Å². The maximum atomic E-state index is 12.4. The van der Waals surface area contributed by atoms with E-state index in [1.165, 1.54) is 17.6 Å². The van der Waals surface area contributed by atoms with Gasteiger partial charge in [0.2, 0.25) is 0 Å². The van der Waals surface area contributed by atoms with Crippen LogP contribution in [0.4, 0.5) is 0 Å². The minimum Gasteiger partial charge on any atom is -0.486 e. The number of halogens is 1. The number of amides is 1. The Balaban J connectivity index is 1.14.